The summed E-state index contributed by atoms with van der Waals surface area (Å²) in [6, 6.07) is 13.6. The Hall–Kier alpha value is -0.730. The molecule has 4 heteroatoms. The summed E-state index contributed by atoms with van der Waals surface area (Å²) < 4.78 is 0. The van der Waals surface area contributed by atoms with Gasteiger partial charge in [0.05, 0.1) is 0 Å². The van der Waals surface area contributed by atoms with Crippen LogP contribution in [0.2, 0.25) is 15.1 Å². The van der Waals surface area contributed by atoms with Crippen molar-refractivity contribution >= 4 is 34.8 Å². The van der Waals surface area contributed by atoms with Gasteiger partial charge in [0.25, 0.3) is 0 Å². The molecule has 2 aromatic carbocycles. The van der Waals surface area contributed by atoms with Crippen LogP contribution in [0.5, 0.6) is 0 Å². The van der Waals surface area contributed by atoms with Crippen molar-refractivity contribution in [3.8, 4) is 0 Å². The highest BCUT2D eigenvalue weighted by molar-refractivity contribution is 6.36. The van der Waals surface area contributed by atoms with Crippen molar-refractivity contribution in [1.29, 1.82) is 0 Å². The molecule has 21 heavy (non-hydrogen) atoms. The molecule has 112 valence electrons. The average Bonchev–Trinajstić information content (AvgIpc) is 2.45. The summed E-state index contributed by atoms with van der Waals surface area (Å²) in [5.74, 6) is 0.425. The van der Waals surface area contributed by atoms with E-state index in [0.29, 0.717) is 5.92 Å². The molecule has 0 heterocycles. The van der Waals surface area contributed by atoms with Gasteiger partial charge in [0.15, 0.2) is 0 Å². The van der Waals surface area contributed by atoms with Crippen molar-refractivity contribution in [3.05, 3.63) is 68.7 Å². The molecule has 0 fully saturated rings. The molecule has 0 aliphatic carbocycles. The van der Waals surface area contributed by atoms with E-state index in [4.69, 9.17) is 34.8 Å². The van der Waals surface area contributed by atoms with Gasteiger partial charge in [0.2, 0.25) is 0 Å². The van der Waals surface area contributed by atoms with E-state index in [1.807, 2.05) is 37.4 Å². The fourth-order valence-electron chi connectivity index (χ4n) is 2.48. The van der Waals surface area contributed by atoms with Gasteiger partial charge in [-0.15, -0.1) is 0 Å². The fourth-order valence-corrected chi connectivity index (χ4v) is 3.15. The Kier molecular flexibility index (Phi) is 6.38. The van der Waals surface area contributed by atoms with E-state index in [-0.39, 0.29) is 0 Å². The first kappa shape index (κ1) is 16.6. The number of hydrogen-bond acceptors (Lipinski definition) is 1. The van der Waals surface area contributed by atoms with Crippen LogP contribution in [0, 0.1) is 5.92 Å². The molecular formula is C17H18Cl3N. The molecule has 1 nitrogen and oxygen atoms in total. The normalized spacial score (nSPS) is 12.4. The first-order chi connectivity index (χ1) is 10.1. The summed E-state index contributed by atoms with van der Waals surface area (Å²) in [4.78, 5) is 0. The molecule has 2 aromatic rings. The topological polar surface area (TPSA) is 12.0 Å². The second-order valence-electron chi connectivity index (χ2n) is 5.16. The van der Waals surface area contributed by atoms with Crippen LogP contribution in [0.3, 0.4) is 0 Å². The van der Waals surface area contributed by atoms with Crippen LogP contribution in [-0.2, 0) is 12.8 Å². The zero-order valence-electron chi connectivity index (χ0n) is 11.9. The van der Waals surface area contributed by atoms with Crippen LogP contribution in [0.4, 0.5) is 0 Å². The number of hydrogen-bond donors (Lipinski definition) is 1. The van der Waals surface area contributed by atoms with Crippen LogP contribution in [0.15, 0.2) is 42.5 Å². The molecule has 0 saturated carbocycles. The summed E-state index contributed by atoms with van der Waals surface area (Å²) in [5, 5.41) is 5.48. The summed E-state index contributed by atoms with van der Waals surface area (Å²) in [6.07, 6.45) is 1.81. The molecule has 1 unspecified atom stereocenters. The third-order valence-corrected chi connectivity index (χ3v) is 4.45. The molecule has 1 N–H and O–H groups in total. The van der Waals surface area contributed by atoms with Gasteiger partial charge >= 0.3 is 0 Å². The number of nitrogens with one attached hydrogen (secondary N) is 1. The van der Waals surface area contributed by atoms with Crippen molar-refractivity contribution in [3.63, 3.8) is 0 Å². The van der Waals surface area contributed by atoms with E-state index in [1.165, 1.54) is 5.56 Å². The van der Waals surface area contributed by atoms with E-state index < -0.39 is 0 Å². The van der Waals surface area contributed by atoms with Crippen molar-refractivity contribution < 1.29 is 0 Å². The SMILES string of the molecule is CNCC(Cc1ccc(Cl)cc1)Cc1c(Cl)cccc1Cl. The van der Waals surface area contributed by atoms with Crippen LogP contribution in [-0.4, -0.2) is 13.6 Å². The monoisotopic (exact) mass is 341 g/mol. The van der Waals surface area contributed by atoms with Gasteiger partial charge in [-0.2, -0.15) is 0 Å². The Balaban J connectivity index is 2.13. The van der Waals surface area contributed by atoms with E-state index in [0.717, 1.165) is 40.0 Å². The van der Waals surface area contributed by atoms with E-state index >= 15 is 0 Å². The molecule has 0 amide bonds. The van der Waals surface area contributed by atoms with Gasteiger partial charge in [-0.1, -0.05) is 53.0 Å². The first-order valence-corrected chi connectivity index (χ1v) is 8.05. The second kappa shape index (κ2) is 8.05. The van der Waals surface area contributed by atoms with E-state index in [9.17, 15) is 0 Å². The van der Waals surface area contributed by atoms with Crippen LogP contribution < -0.4 is 5.32 Å². The summed E-state index contributed by atoms with van der Waals surface area (Å²) in [5.41, 5.74) is 2.29. The Labute approximate surface area is 141 Å². The molecule has 0 saturated heterocycles. The molecule has 0 aliphatic rings. The van der Waals surface area contributed by atoms with Crippen molar-refractivity contribution in [2.45, 2.75) is 12.8 Å². The molecule has 2 rings (SSSR count). The van der Waals surface area contributed by atoms with Gasteiger partial charge in [-0.25, -0.2) is 0 Å². The van der Waals surface area contributed by atoms with Gasteiger partial charge in [-0.05, 0) is 67.7 Å². The molecule has 0 spiro atoms. The maximum atomic E-state index is 6.28. The maximum Gasteiger partial charge on any atom is 0.0452 e. The lowest BCUT2D eigenvalue weighted by Gasteiger charge is -2.18. The quantitative estimate of drug-likeness (QED) is 0.754. The van der Waals surface area contributed by atoms with Crippen molar-refractivity contribution in [2.24, 2.45) is 5.92 Å². The van der Waals surface area contributed by atoms with Gasteiger partial charge in [-0.3, -0.25) is 0 Å². The van der Waals surface area contributed by atoms with Gasteiger partial charge < -0.3 is 5.32 Å². The third-order valence-electron chi connectivity index (χ3n) is 3.48. The first-order valence-electron chi connectivity index (χ1n) is 6.92. The fraction of sp³-hybridized carbons (Fsp3) is 0.294. The molecule has 1 atom stereocenters. The summed E-state index contributed by atoms with van der Waals surface area (Å²) >= 11 is 18.5. The lowest BCUT2D eigenvalue weighted by atomic mass is 9.92. The van der Waals surface area contributed by atoms with Crippen molar-refractivity contribution in [2.75, 3.05) is 13.6 Å². The van der Waals surface area contributed by atoms with Crippen LogP contribution >= 0.6 is 34.8 Å². The van der Waals surface area contributed by atoms with Crippen LogP contribution in [0.1, 0.15) is 11.1 Å². The predicted molar refractivity (Wildman–Crippen MR) is 92.7 cm³/mol. The Morgan fingerprint density at radius 3 is 2.10 bits per heavy atom. The smallest absolute Gasteiger partial charge is 0.0452 e. The van der Waals surface area contributed by atoms with Crippen molar-refractivity contribution in [1.82, 2.24) is 5.32 Å². The number of benzene rings is 2. The van der Waals surface area contributed by atoms with Crippen LogP contribution in [0.25, 0.3) is 0 Å². The second-order valence-corrected chi connectivity index (χ2v) is 6.41. The molecule has 0 radical (unpaired) electrons. The minimum Gasteiger partial charge on any atom is -0.319 e. The largest absolute Gasteiger partial charge is 0.319 e. The zero-order valence-corrected chi connectivity index (χ0v) is 14.1. The molecule has 0 aliphatic heterocycles. The van der Waals surface area contributed by atoms with E-state index in [1.54, 1.807) is 0 Å². The third kappa shape index (κ3) is 4.89. The Bertz CT molecular complexity index is 561. The minimum absolute atomic E-state index is 0.425. The standard InChI is InChI=1S/C17H18Cl3N/c1-21-11-13(9-12-5-7-14(18)8-6-12)10-15-16(19)3-2-4-17(15)20/h2-8,13,21H,9-11H2,1H3. The minimum atomic E-state index is 0.425. The molecular weight excluding hydrogens is 325 g/mol. The number of rotatable bonds is 6. The highest BCUT2D eigenvalue weighted by atomic mass is 35.5. The van der Waals surface area contributed by atoms with Gasteiger partial charge in [0.1, 0.15) is 0 Å². The average molecular weight is 343 g/mol. The zero-order chi connectivity index (χ0) is 15.2. The lowest BCUT2D eigenvalue weighted by Crippen LogP contribution is -2.23. The highest BCUT2D eigenvalue weighted by Crippen LogP contribution is 2.28. The number of halogens is 3. The maximum absolute atomic E-state index is 6.28. The van der Waals surface area contributed by atoms with Gasteiger partial charge in [0, 0.05) is 15.1 Å². The Morgan fingerprint density at radius 2 is 1.52 bits per heavy atom. The molecule has 0 bridgehead atoms. The Morgan fingerprint density at radius 1 is 0.905 bits per heavy atom. The van der Waals surface area contributed by atoms with E-state index in [2.05, 4.69) is 17.4 Å². The summed E-state index contributed by atoms with van der Waals surface area (Å²) in [6.45, 7) is 0.907. The summed E-state index contributed by atoms with van der Waals surface area (Å²) in [7, 11) is 1.96. The highest BCUT2D eigenvalue weighted by Gasteiger charge is 2.14. The predicted octanol–water partition coefficient (Wildman–Crippen LogP) is 5.27. The lowest BCUT2D eigenvalue weighted by molar-refractivity contribution is 0.493. The molecule has 0 aromatic heterocycles.